The Morgan fingerprint density at radius 1 is 1.39 bits per heavy atom. The van der Waals surface area contributed by atoms with E-state index in [-0.39, 0.29) is 6.04 Å². The summed E-state index contributed by atoms with van der Waals surface area (Å²) >= 11 is 3.50. The Labute approximate surface area is 118 Å². The first-order valence-corrected chi connectivity index (χ1v) is 7.27. The summed E-state index contributed by atoms with van der Waals surface area (Å²) in [5, 5.41) is 0. The van der Waals surface area contributed by atoms with Gasteiger partial charge in [0.1, 0.15) is 0 Å². The molecule has 0 amide bonds. The van der Waals surface area contributed by atoms with Crippen molar-refractivity contribution in [3.8, 4) is 0 Å². The molecule has 1 rings (SSSR count). The van der Waals surface area contributed by atoms with E-state index < -0.39 is 0 Å². The normalized spacial score (nSPS) is 12.5. The van der Waals surface area contributed by atoms with Gasteiger partial charge in [0.05, 0.1) is 6.61 Å². The molecule has 1 aromatic carbocycles. The molecule has 1 aromatic rings. The van der Waals surface area contributed by atoms with E-state index in [0.717, 1.165) is 30.8 Å². The van der Waals surface area contributed by atoms with Gasteiger partial charge in [-0.1, -0.05) is 15.9 Å². The summed E-state index contributed by atoms with van der Waals surface area (Å²) in [6.07, 6.45) is 0. The van der Waals surface area contributed by atoms with Crippen molar-refractivity contribution in [2.45, 2.75) is 26.8 Å². The Morgan fingerprint density at radius 3 is 2.67 bits per heavy atom. The molecule has 0 aliphatic carbocycles. The van der Waals surface area contributed by atoms with Crippen LogP contribution in [0.5, 0.6) is 0 Å². The standard InChI is InChI=1S/C14H23BrN2O/c1-4-17(8-9-18-5-2)14-7-6-12(15)10-13(14)11(3)16/h6-7,10-11H,4-5,8-9,16H2,1-3H3. The monoisotopic (exact) mass is 314 g/mol. The van der Waals surface area contributed by atoms with E-state index in [2.05, 4.69) is 46.0 Å². The number of halogens is 1. The fourth-order valence-corrected chi connectivity index (χ4v) is 2.32. The highest BCUT2D eigenvalue weighted by Gasteiger charge is 2.12. The van der Waals surface area contributed by atoms with Gasteiger partial charge >= 0.3 is 0 Å². The molecule has 102 valence electrons. The molecule has 0 bridgehead atoms. The number of anilines is 1. The first kappa shape index (κ1) is 15.5. The van der Waals surface area contributed by atoms with Crippen LogP contribution in [0.4, 0.5) is 5.69 Å². The van der Waals surface area contributed by atoms with Gasteiger partial charge in [0.15, 0.2) is 0 Å². The third kappa shape index (κ3) is 4.26. The van der Waals surface area contributed by atoms with Crippen molar-refractivity contribution in [2.75, 3.05) is 31.2 Å². The van der Waals surface area contributed by atoms with Crippen molar-refractivity contribution >= 4 is 21.6 Å². The number of nitrogens with zero attached hydrogens (tertiary/aromatic N) is 1. The van der Waals surface area contributed by atoms with E-state index in [0.29, 0.717) is 0 Å². The Bertz CT molecular complexity index is 369. The number of hydrogen-bond acceptors (Lipinski definition) is 3. The number of benzene rings is 1. The quantitative estimate of drug-likeness (QED) is 0.784. The van der Waals surface area contributed by atoms with Crippen LogP contribution in [0.25, 0.3) is 0 Å². The van der Waals surface area contributed by atoms with Crippen molar-refractivity contribution in [1.29, 1.82) is 0 Å². The van der Waals surface area contributed by atoms with E-state index in [9.17, 15) is 0 Å². The molecule has 0 saturated heterocycles. The van der Waals surface area contributed by atoms with E-state index in [4.69, 9.17) is 10.5 Å². The largest absolute Gasteiger partial charge is 0.380 e. The van der Waals surface area contributed by atoms with E-state index in [1.807, 2.05) is 13.8 Å². The van der Waals surface area contributed by atoms with Crippen LogP contribution in [0.1, 0.15) is 32.4 Å². The molecule has 18 heavy (non-hydrogen) atoms. The molecule has 4 heteroatoms. The minimum atomic E-state index is 0.0265. The Hall–Kier alpha value is -0.580. The molecule has 3 nitrogen and oxygen atoms in total. The zero-order valence-corrected chi connectivity index (χ0v) is 13.0. The van der Waals surface area contributed by atoms with E-state index >= 15 is 0 Å². The molecule has 0 aromatic heterocycles. The molecule has 1 atom stereocenters. The number of hydrogen-bond donors (Lipinski definition) is 1. The molecular formula is C14H23BrN2O. The van der Waals surface area contributed by atoms with Crippen molar-refractivity contribution in [3.63, 3.8) is 0 Å². The van der Waals surface area contributed by atoms with Crippen molar-refractivity contribution in [2.24, 2.45) is 5.73 Å². The van der Waals surface area contributed by atoms with Crippen molar-refractivity contribution in [1.82, 2.24) is 0 Å². The van der Waals surface area contributed by atoms with Crippen LogP contribution in [-0.4, -0.2) is 26.3 Å². The lowest BCUT2D eigenvalue weighted by molar-refractivity contribution is 0.154. The van der Waals surface area contributed by atoms with E-state index in [1.165, 1.54) is 11.3 Å². The van der Waals surface area contributed by atoms with Gasteiger partial charge in [0.25, 0.3) is 0 Å². The molecule has 0 aliphatic rings. The fraction of sp³-hybridized carbons (Fsp3) is 0.571. The summed E-state index contributed by atoms with van der Waals surface area (Å²) in [6.45, 7) is 9.54. The number of rotatable bonds is 7. The third-order valence-corrected chi connectivity index (χ3v) is 3.41. The number of ether oxygens (including phenoxy) is 1. The summed E-state index contributed by atoms with van der Waals surface area (Å²) in [4.78, 5) is 2.31. The van der Waals surface area contributed by atoms with Crippen LogP contribution < -0.4 is 10.6 Å². The molecule has 0 saturated carbocycles. The first-order valence-electron chi connectivity index (χ1n) is 6.47. The zero-order chi connectivity index (χ0) is 13.5. The molecule has 0 heterocycles. The van der Waals surface area contributed by atoms with Crippen LogP contribution in [0, 0.1) is 0 Å². The summed E-state index contributed by atoms with van der Waals surface area (Å²) in [5.41, 5.74) is 8.43. The predicted molar refractivity (Wildman–Crippen MR) is 81.1 cm³/mol. The fourth-order valence-electron chi connectivity index (χ4n) is 1.95. The SMILES string of the molecule is CCOCCN(CC)c1ccc(Br)cc1C(C)N. The molecule has 0 aliphatic heterocycles. The molecular weight excluding hydrogens is 292 g/mol. The molecule has 0 spiro atoms. The van der Waals surface area contributed by atoms with Crippen molar-refractivity contribution in [3.05, 3.63) is 28.2 Å². The van der Waals surface area contributed by atoms with Gasteiger partial charge in [-0.05, 0) is 44.5 Å². The van der Waals surface area contributed by atoms with Gasteiger partial charge in [0, 0.05) is 35.9 Å². The lowest BCUT2D eigenvalue weighted by atomic mass is 10.1. The van der Waals surface area contributed by atoms with Gasteiger partial charge in [-0.3, -0.25) is 0 Å². The second-order valence-electron chi connectivity index (χ2n) is 4.27. The first-order chi connectivity index (χ1) is 8.60. The van der Waals surface area contributed by atoms with Gasteiger partial charge in [-0.25, -0.2) is 0 Å². The van der Waals surface area contributed by atoms with Crippen LogP contribution in [0.2, 0.25) is 0 Å². The lowest BCUT2D eigenvalue weighted by Gasteiger charge is -2.27. The minimum Gasteiger partial charge on any atom is -0.380 e. The maximum absolute atomic E-state index is 6.05. The van der Waals surface area contributed by atoms with E-state index in [1.54, 1.807) is 0 Å². The highest BCUT2D eigenvalue weighted by molar-refractivity contribution is 9.10. The van der Waals surface area contributed by atoms with Crippen LogP contribution in [0.15, 0.2) is 22.7 Å². The summed E-state index contributed by atoms with van der Waals surface area (Å²) in [5.74, 6) is 0. The Kier molecular flexibility index (Phi) is 6.68. The highest BCUT2D eigenvalue weighted by atomic mass is 79.9. The average molecular weight is 315 g/mol. The lowest BCUT2D eigenvalue weighted by Crippen LogP contribution is -2.29. The summed E-state index contributed by atoms with van der Waals surface area (Å²) < 4.78 is 6.50. The molecule has 0 fully saturated rings. The zero-order valence-electron chi connectivity index (χ0n) is 11.4. The third-order valence-electron chi connectivity index (χ3n) is 2.91. The highest BCUT2D eigenvalue weighted by Crippen LogP contribution is 2.28. The maximum atomic E-state index is 6.05. The number of nitrogens with two attached hydrogens (primary N) is 1. The summed E-state index contributed by atoms with van der Waals surface area (Å²) in [7, 11) is 0. The smallest absolute Gasteiger partial charge is 0.0641 e. The maximum Gasteiger partial charge on any atom is 0.0641 e. The topological polar surface area (TPSA) is 38.5 Å². The van der Waals surface area contributed by atoms with Crippen LogP contribution >= 0.6 is 15.9 Å². The van der Waals surface area contributed by atoms with Crippen LogP contribution in [-0.2, 0) is 4.74 Å². The number of likely N-dealkylation sites (N-methyl/N-ethyl adjacent to an activating group) is 1. The average Bonchev–Trinajstić information content (AvgIpc) is 2.35. The predicted octanol–water partition coefficient (Wildman–Crippen LogP) is 3.33. The second-order valence-corrected chi connectivity index (χ2v) is 5.18. The minimum absolute atomic E-state index is 0.0265. The van der Waals surface area contributed by atoms with Crippen molar-refractivity contribution < 1.29 is 4.74 Å². The molecule has 0 radical (unpaired) electrons. The molecule has 1 unspecified atom stereocenters. The van der Waals surface area contributed by atoms with Crippen LogP contribution in [0.3, 0.4) is 0 Å². The Morgan fingerprint density at radius 2 is 2.11 bits per heavy atom. The Balaban J connectivity index is 2.90. The second kappa shape index (κ2) is 7.77. The molecule has 2 N–H and O–H groups in total. The van der Waals surface area contributed by atoms with Gasteiger partial charge < -0.3 is 15.4 Å². The van der Waals surface area contributed by atoms with Gasteiger partial charge in [0.2, 0.25) is 0 Å². The van der Waals surface area contributed by atoms with Gasteiger partial charge in [-0.2, -0.15) is 0 Å². The summed E-state index contributed by atoms with van der Waals surface area (Å²) in [6, 6.07) is 6.31. The van der Waals surface area contributed by atoms with Gasteiger partial charge in [-0.15, -0.1) is 0 Å².